The summed E-state index contributed by atoms with van der Waals surface area (Å²) >= 11 is 7.03. The monoisotopic (exact) mass is 850 g/mol. The number of nitro groups is 1. The number of fused-ring (bicyclic) bond motifs is 7. The maximum absolute atomic E-state index is 13.5. The summed E-state index contributed by atoms with van der Waals surface area (Å²) in [4.78, 5) is 37.0. The number of thiocarbonyl (C=S) groups is 1. The molecule has 20 heteroatoms. The van der Waals surface area contributed by atoms with E-state index in [9.17, 15) is 35.3 Å². The van der Waals surface area contributed by atoms with Crippen molar-refractivity contribution in [1.82, 2.24) is 24.8 Å². The van der Waals surface area contributed by atoms with Crippen molar-refractivity contribution in [2.24, 2.45) is 0 Å². The minimum atomic E-state index is -1.37. The van der Waals surface area contributed by atoms with Crippen LogP contribution in [0.3, 0.4) is 0 Å². The lowest BCUT2D eigenvalue weighted by Crippen LogP contribution is -2.33. The van der Waals surface area contributed by atoms with Crippen LogP contribution in [-0.2, 0) is 21.6 Å². The number of thioether (sulfide) groups is 1. The van der Waals surface area contributed by atoms with Gasteiger partial charge in [-0.25, -0.2) is 19.7 Å². The number of ether oxygens (including phenoxy) is 3. The van der Waals surface area contributed by atoms with Crippen LogP contribution in [0.15, 0.2) is 91.5 Å². The quantitative estimate of drug-likeness (QED) is 0.0308. The molecule has 0 unspecified atom stereocenters. The van der Waals surface area contributed by atoms with Gasteiger partial charge in [0.05, 0.1) is 22.9 Å². The van der Waals surface area contributed by atoms with Crippen molar-refractivity contribution in [3.8, 4) is 23.0 Å². The van der Waals surface area contributed by atoms with Crippen molar-refractivity contribution in [3.05, 3.63) is 129 Å². The number of nitrogens with zero attached hydrogens (tertiary/aromatic N) is 5. The zero-order chi connectivity index (χ0) is 41.7. The van der Waals surface area contributed by atoms with Crippen LogP contribution < -0.4 is 20.7 Å². The van der Waals surface area contributed by atoms with Gasteiger partial charge in [-0.3, -0.25) is 14.7 Å². The molecule has 0 amide bonds. The van der Waals surface area contributed by atoms with E-state index in [1.165, 1.54) is 60.8 Å². The van der Waals surface area contributed by atoms with Gasteiger partial charge in [-0.2, -0.15) is 11.8 Å². The molecule has 4 atom stereocenters. The fraction of sp³-hybridized carbons (Fsp3) is 0.225. The SMILES string of the molecule is O=C1OC2(c3ccc(O)cc3Oc3cc(O)ccc32)c2ccc(NC(=S)NCCSC[C@H]3O[C@@H](n4cnc5c(NCc6ccc([N+](=O)[O-])cc6)ncnc54)[C@H](O)[C@@H]3O)cc21. The van der Waals surface area contributed by atoms with Crippen LogP contribution in [0.25, 0.3) is 11.2 Å². The molecule has 4 aromatic carbocycles. The smallest absolute Gasteiger partial charge is 0.340 e. The van der Waals surface area contributed by atoms with Crippen molar-refractivity contribution < 1.29 is 44.4 Å². The Balaban J connectivity index is 0.792. The molecule has 6 aromatic rings. The second-order valence-electron chi connectivity index (χ2n) is 14.1. The number of rotatable bonds is 11. The van der Waals surface area contributed by atoms with Crippen LogP contribution >= 0.6 is 24.0 Å². The molecule has 1 saturated heterocycles. The summed E-state index contributed by atoms with van der Waals surface area (Å²) < 4.78 is 19.8. The van der Waals surface area contributed by atoms with Gasteiger partial charge in [0.1, 0.15) is 41.5 Å². The molecule has 306 valence electrons. The highest BCUT2D eigenvalue weighted by molar-refractivity contribution is 7.99. The standard InChI is InChI=1S/C40H34N8O10S2/c49-23-6-9-27-29(14-23)56-30-15-24(50)7-10-28(30)40(27)26-8-3-21(13-25(26)38(53)58-40)46-39(59)41-11-12-60-17-31-33(51)34(52)37(57-31)47-19-45-32-35(43-18-44-36(32)47)42-16-20-1-4-22(5-2-20)48(54)55/h1-10,13-15,18-19,31,33-34,37,49-52H,11-12,16-17H2,(H2,41,46,59)(H,42,43,44)/t31-,33-,34-,37-/m1/s1. The molecule has 0 radical (unpaired) electrons. The first kappa shape index (κ1) is 38.9. The van der Waals surface area contributed by atoms with E-state index in [0.29, 0.717) is 74.6 Å². The lowest BCUT2D eigenvalue weighted by molar-refractivity contribution is -0.384. The van der Waals surface area contributed by atoms with Gasteiger partial charge >= 0.3 is 5.97 Å². The molecular weight excluding hydrogens is 817 g/mol. The Labute approximate surface area is 349 Å². The maximum Gasteiger partial charge on any atom is 0.340 e. The number of carbonyl (C=O) groups excluding carboxylic acids is 1. The normalized spacial score (nSPS) is 19.5. The molecule has 3 aliphatic heterocycles. The van der Waals surface area contributed by atoms with E-state index in [0.717, 1.165) is 5.56 Å². The number of aromatic nitrogens is 4. The third-order valence-corrected chi connectivity index (χ3v) is 11.7. The van der Waals surface area contributed by atoms with Gasteiger partial charge in [0.15, 0.2) is 33.9 Å². The van der Waals surface area contributed by atoms with Crippen LogP contribution in [0.2, 0.25) is 0 Å². The molecule has 2 aromatic heterocycles. The minimum Gasteiger partial charge on any atom is -0.508 e. The number of aromatic hydroxyl groups is 2. The highest BCUT2D eigenvalue weighted by Gasteiger charge is 2.54. The first-order valence-electron chi connectivity index (χ1n) is 18.5. The van der Waals surface area contributed by atoms with Crippen LogP contribution in [-0.4, -0.2) is 92.3 Å². The summed E-state index contributed by atoms with van der Waals surface area (Å²) in [6, 6.07) is 20.5. The molecule has 5 heterocycles. The number of hydrogen-bond donors (Lipinski definition) is 7. The third-order valence-electron chi connectivity index (χ3n) is 10.4. The largest absolute Gasteiger partial charge is 0.508 e. The Hall–Kier alpha value is -6.58. The Morgan fingerprint density at radius 3 is 2.37 bits per heavy atom. The van der Waals surface area contributed by atoms with Crippen LogP contribution in [0.4, 0.5) is 17.2 Å². The lowest BCUT2D eigenvalue weighted by atomic mass is 9.77. The number of phenols is 2. The first-order chi connectivity index (χ1) is 29.0. The Morgan fingerprint density at radius 2 is 1.65 bits per heavy atom. The molecule has 60 heavy (non-hydrogen) atoms. The molecule has 0 bridgehead atoms. The summed E-state index contributed by atoms with van der Waals surface area (Å²) in [5, 5.41) is 62.9. The van der Waals surface area contributed by atoms with Gasteiger partial charge < -0.3 is 50.6 Å². The van der Waals surface area contributed by atoms with E-state index in [-0.39, 0.29) is 28.7 Å². The van der Waals surface area contributed by atoms with Gasteiger partial charge in [0.2, 0.25) is 0 Å². The third kappa shape index (κ3) is 6.92. The summed E-state index contributed by atoms with van der Waals surface area (Å²) in [5.74, 6) is 1.29. The fourth-order valence-corrected chi connectivity index (χ4v) is 8.72. The van der Waals surface area contributed by atoms with Gasteiger partial charge in [-0.1, -0.05) is 18.2 Å². The molecule has 18 nitrogen and oxygen atoms in total. The molecule has 0 aliphatic carbocycles. The molecular formula is C40H34N8O10S2. The Bertz CT molecular complexity index is 2630. The molecule has 1 spiro atoms. The number of nitrogens with one attached hydrogen (secondary N) is 3. The number of aliphatic hydroxyl groups excluding tert-OH is 2. The highest BCUT2D eigenvalue weighted by atomic mass is 32.2. The number of carbonyl (C=O) groups is 1. The van der Waals surface area contributed by atoms with E-state index in [4.69, 9.17) is 26.4 Å². The van der Waals surface area contributed by atoms with E-state index in [2.05, 4.69) is 30.9 Å². The number of hydrogen-bond acceptors (Lipinski definition) is 16. The Kier molecular flexibility index (Phi) is 10.1. The summed E-state index contributed by atoms with van der Waals surface area (Å²) in [6.07, 6.45) is -1.28. The zero-order valence-corrected chi connectivity index (χ0v) is 32.7. The number of aliphatic hydroxyl groups is 2. The minimum absolute atomic E-state index is 0.00766. The summed E-state index contributed by atoms with van der Waals surface area (Å²) in [7, 11) is 0. The van der Waals surface area contributed by atoms with E-state index in [1.54, 1.807) is 47.0 Å². The topological polar surface area (TPSA) is 249 Å². The van der Waals surface area contributed by atoms with Crippen LogP contribution in [0, 0.1) is 10.1 Å². The van der Waals surface area contributed by atoms with Crippen molar-refractivity contribution in [1.29, 1.82) is 0 Å². The van der Waals surface area contributed by atoms with Gasteiger partial charge in [-0.15, -0.1) is 0 Å². The second kappa shape index (κ2) is 15.5. The number of anilines is 2. The van der Waals surface area contributed by atoms with Crippen molar-refractivity contribution in [3.63, 3.8) is 0 Å². The van der Waals surface area contributed by atoms with Crippen molar-refractivity contribution in [2.45, 2.75) is 36.7 Å². The average Bonchev–Trinajstić information content (AvgIpc) is 3.88. The molecule has 3 aliphatic rings. The van der Waals surface area contributed by atoms with Gasteiger partial charge in [0.25, 0.3) is 5.69 Å². The fourth-order valence-electron chi connectivity index (χ4n) is 7.58. The van der Waals surface area contributed by atoms with E-state index < -0.39 is 41.0 Å². The van der Waals surface area contributed by atoms with Crippen molar-refractivity contribution in [2.75, 3.05) is 28.7 Å². The lowest BCUT2D eigenvalue weighted by Gasteiger charge is -2.36. The predicted octanol–water partition coefficient (Wildman–Crippen LogP) is 4.66. The van der Waals surface area contributed by atoms with Crippen LogP contribution in [0.5, 0.6) is 23.0 Å². The number of esters is 1. The molecule has 0 saturated carbocycles. The van der Waals surface area contributed by atoms with Gasteiger partial charge in [0, 0.05) is 71.2 Å². The number of imidazole rings is 1. The van der Waals surface area contributed by atoms with E-state index in [1.807, 2.05) is 0 Å². The number of non-ortho nitro benzene ring substituents is 1. The first-order valence-corrected chi connectivity index (χ1v) is 20.1. The second-order valence-corrected chi connectivity index (χ2v) is 15.7. The zero-order valence-electron chi connectivity index (χ0n) is 31.1. The predicted molar refractivity (Wildman–Crippen MR) is 221 cm³/mol. The molecule has 1 fully saturated rings. The maximum atomic E-state index is 13.5. The summed E-state index contributed by atoms with van der Waals surface area (Å²) in [6.45, 7) is 0.773. The average molecular weight is 851 g/mol. The molecule has 9 rings (SSSR count). The van der Waals surface area contributed by atoms with Crippen molar-refractivity contribution >= 4 is 63.4 Å². The number of benzene rings is 4. The Morgan fingerprint density at radius 1 is 0.933 bits per heavy atom. The summed E-state index contributed by atoms with van der Waals surface area (Å²) in [5.41, 5.74) is 2.67. The van der Waals surface area contributed by atoms with E-state index >= 15 is 0 Å². The van der Waals surface area contributed by atoms with Crippen LogP contribution in [0.1, 0.15) is 38.8 Å². The molecule has 7 N–H and O–H groups in total. The number of nitro benzene ring substituents is 1. The highest BCUT2D eigenvalue weighted by Crippen LogP contribution is 2.57. The number of phenolic OH excluding ortho intramolecular Hbond substituents is 2. The van der Waals surface area contributed by atoms with Gasteiger partial charge in [-0.05, 0) is 54.2 Å².